The fourth-order valence-corrected chi connectivity index (χ4v) is 0.900. The maximum absolute atomic E-state index is 8.56. The van der Waals surface area contributed by atoms with E-state index in [-0.39, 0.29) is 25.4 Å². The van der Waals surface area contributed by atoms with Crippen molar-refractivity contribution in [3.63, 3.8) is 0 Å². The summed E-state index contributed by atoms with van der Waals surface area (Å²) < 4.78 is 0. The van der Waals surface area contributed by atoms with Crippen LogP contribution in [0.1, 0.15) is 0 Å². The summed E-state index contributed by atoms with van der Waals surface area (Å²) in [5.41, 5.74) is 0. The molecule has 0 radical (unpaired) electrons. The zero-order valence-electron chi connectivity index (χ0n) is 7.41. The van der Waals surface area contributed by atoms with Gasteiger partial charge in [-0.1, -0.05) is 0 Å². The SMILES string of the molecule is OC[PH](CO)(CO)CO.O[Si](O)(O)O. The van der Waals surface area contributed by atoms with Gasteiger partial charge in [-0.05, 0) is 0 Å². The predicted octanol–water partition coefficient (Wildman–Crippen LogP) is -4.07. The van der Waals surface area contributed by atoms with Crippen LogP contribution in [0.25, 0.3) is 0 Å². The molecule has 0 aromatic carbocycles. The van der Waals surface area contributed by atoms with Crippen LogP contribution in [0.5, 0.6) is 0 Å². The first-order chi connectivity index (χ1) is 6.24. The Morgan fingerprint density at radius 1 is 0.643 bits per heavy atom. The first kappa shape index (κ1) is 16.7. The third-order valence-corrected chi connectivity index (χ3v) is 4.02. The van der Waals surface area contributed by atoms with Gasteiger partial charge in [0.15, 0.2) is 0 Å². The van der Waals surface area contributed by atoms with E-state index in [1.54, 1.807) is 0 Å². The molecule has 14 heavy (non-hydrogen) atoms. The zero-order valence-corrected chi connectivity index (χ0v) is 9.41. The van der Waals surface area contributed by atoms with Gasteiger partial charge in [-0.2, -0.15) is 0 Å². The molecule has 0 aliphatic heterocycles. The normalized spacial score (nSPS) is 13.1. The topological polar surface area (TPSA) is 162 Å². The predicted molar refractivity (Wildman–Crippen MR) is 51.3 cm³/mol. The maximum atomic E-state index is 8.56. The van der Waals surface area contributed by atoms with Crippen LogP contribution in [-0.2, 0) is 0 Å². The molecule has 0 saturated heterocycles. The van der Waals surface area contributed by atoms with Crippen LogP contribution in [0.4, 0.5) is 0 Å². The molecule has 10 heteroatoms. The Morgan fingerprint density at radius 3 is 0.786 bits per heavy atom. The molecule has 0 aromatic heterocycles. The molecule has 90 valence electrons. The van der Waals surface area contributed by atoms with Crippen molar-refractivity contribution in [1.29, 1.82) is 0 Å². The van der Waals surface area contributed by atoms with Crippen molar-refractivity contribution in [1.82, 2.24) is 0 Å². The standard InChI is InChI=1S/C4H13O4P.H4O4Si/c5-1-9(2-6,3-7)4-8;1-5(2,3)4/h5-9H,1-4H2;1-4H. The first-order valence-corrected chi connectivity index (χ1v) is 8.19. The van der Waals surface area contributed by atoms with E-state index in [9.17, 15) is 0 Å². The summed E-state index contributed by atoms with van der Waals surface area (Å²) in [6.45, 7) is 0. The van der Waals surface area contributed by atoms with Crippen molar-refractivity contribution < 1.29 is 39.6 Å². The summed E-state index contributed by atoms with van der Waals surface area (Å²) in [6, 6.07) is 0. The molecule has 0 spiro atoms. The Labute approximate surface area is 82.2 Å². The molecular weight excluding hydrogens is 235 g/mol. The van der Waals surface area contributed by atoms with Crippen molar-refractivity contribution in [2.45, 2.75) is 0 Å². The largest absolute Gasteiger partial charge is 0.668 e. The fraction of sp³-hybridized carbons (Fsp3) is 1.00. The van der Waals surface area contributed by atoms with Gasteiger partial charge in [-0.15, -0.1) is 0 Å². The molecule has 0 bridgehead atoms. The molecule has 8 nitrogen and oxygen atoms in total. The summed E-state index contributed by atoms with van der Waals surface area (Å²) in [5, 5.41) is 34.2. The zero-order chi connectivity index (χ0) is 11.8. The van der Waals surface area contributed by atoms with E-state index in [0.717, 1.165) is 0 Å². The third-order valence-electron chi connectivity index (χ3n) is 1.34. The molecule has 0 fully saturated rings. The molecule has 0 rings (SSSR count). The van der Waals surface area contributed by atoms with E-state index in [1.165, 1.54) is 0 Å². The molecule has 0 heterocycles. The van der Waals surface area contributed by atoms with E-state index in [1.807, 2.05) is 0 Å². The molecule has 0 aliphatic rings. The Morgan fingerprint density at radius 2 is 0.786 bits per heavy atom. The Balaban J connectivity index is 0. The number of aliphatic hydroxyl groups excluding tert-OH is 4. The van der Waals surface area contributed by atoms with Gasteiger partial charge in [0.1, 0.15) is 0 Å². The van der Waals surface area contributed by atoms with Crippen LogP contribution in [0.15, 0.2) is 0 Å². The average molecular weight is 252 g/mol. The number of rotatable bonds is 4. The molecule has 0 aromatic rings. The fourth-order valence-electron chi connectivity index (χ4n) is 0.300. The third kappa shape index (κ3) is 10.4. The van der Waals surface area contributed by atoms with E-state index in [2.05, 4.69) is 0 Å². The summed E-state index contributed by atoms with van der Waals surface area (Å²) in [6.07, 6.45) is -1.07. The minimum Gasteiger partial charge on any atom is -0.368 e. The molecular formula is C4H17O8PSi. The van der Waals surface area contributed by atoms with Crippen molar-refractivity contribution >= 4 is 16.3 Å². The van der Waals surface area contributed by atoms with Crippen molar-refractivity contribution in [2.75, 3.05) is 25.4 Å². The number of aliphatic hydroxyl groups is 4. The Bertz CT molecular complexity index is 110. The Hall–Kier alpha value is 0.327. The van der Waals surface area contributed by atoms with Gasteiger partial charge in [-0.3, -0.25) is 0 Å². The summed E-state index contributed by atoms with van der Waals surface area (Å²) in [7, 11) is -7.08. The second kappa shape index (κ2) is 7.60. The second-order valence-electron chi connectivity index (χ2n) is 2.73. The van der Waals surface area contributed by atoms with Crippen LogP contribution in [0, 0.1) is 0 Å². The molecule has 0 aliphatic carbocycles. The van der Waals surface area contributed by atoms with Crippen molar-refractivity contribution in [3.05, 3.63) is 0 Å². The van der Waals surface area contributed by atoms with Gasteiger partial charge < -0.3 is 19.2 Å². The molecule has 0 atom stereocenters. The van der Waals surface area contributed by atoms with Crippen LogP contribution in [0.2, 0.25) is 0 Å². The van der Waals surface area contributed by atoms with Crippen LogP contribution in [0.3, 0.4) is 0 Å². The van der Waals surface area contributed by atoms with E-state index < -0.39 is 16.3 Å². The minimum atomic E-state index is -4.61. The first-order valence-electron chi connectivity index (χ1n) is 3.57. The van der Waals surface area contributed by atoms with E-state index >= 15 is 0 Å². The van der Waals surface area contributed by atoms with Crippen molar-refractivity contribution in [3.8, 4) is 0 Å². The van der Waals surface area contributed by atoms with E-state index in [0.29, 0.717) is 0 Å². The van der Waals surface area contributed by atoms with Gasteiger partial charge in [0, 0.05) is 0 Å². The van der Waals surface area contributed by atoms with Crippen LogP contribution in [-0.4, -0.2) is 74.0 Å². The Kier molecular flexibility index (Phi) is 9.09. The molecule has 0 saturated carbocycles. The molecule has 8 N–H and O–H groups in total. The average Bonchev–Trinajstić information content (AvgIpc) is 2.07. The monoisotopic (exact) mass is 252 g/mol. The van der Waals surface area contributed by atoms with Crippen molar-refractivity contribution in [2.24, 2.45) is 0 Å². The quantitative estimate of drug-likeness (QED) is 0.185. The molecule has 0 amide bonds. The summed E-state index contributed by atoms with van der Waals surface area (Å²) in [5.74, 6) is 0. The molecule has 0 unspecified atom stereocenters. The van der Waals surface area contributed by atoms with Gasteiger partial charge >= 0.3 is 62.1 Å². The smallest absolute Gasteiger partial charge is 0.368 e. The van der Waals surface area contributed by atoms with Gasteiger partial charge in [0.05, 0.1) is 0 Å². The summed E-state index contributed by atoms with van der Waals surface area (Å²) in [4.78, 5) is 29.3. The van der Waals surface area contributed by atoms with E-state index in [4.69, 9.17) is 39.6 Å². The van der Waals surface area contributed by atoms with Gasteiger partial charge in [-0.25, -0.2) is 0 Å². The maximum Gasteiger partial charge on any atom is 0.668 e. The number of hydrogen-bond donors (Lipinski definition) is 8. The van der Waals surface area contributed by atoms with Gasteiger partial charge in [0.2, 0.25) is 0 Å². The van der Waals surface area contributed by atoms with Crippen LogP contribution < -0.4 is 0 Å². The minimum absolute atomic E-state index is 0.267. The van der Waals surface area contributed by atoms with Crippen LogP contribution >= 0.6 is 7.26 Å². The van der Waals surface area contributed by atoms with Gasteiger partial charge in [0.25, 0.3) is 0 Å². The second-order valence-corrected chi connectivity index (χ2v) is 8.20. The number of hydrogen-bond acceptors (Lipinski definition) is 8. The summed E-state index contributed by atoms with van der Waals surface area (Å²) >= 11 is 0.